The number of nitrogens with one attached hydrogen (secondary N) is 1. The van der Waals surface area contributed by atoms with Crippen LogP contribution in [0.25, 0.3) is 5.69 Å². The lowest BCUT2D eigenvalue weighted by Crippen LogP contribution is -2.24. The molecule has 0 spiro atoms. The number of nitrogens with zero attached hydrogens (tertiary/aromatic N) is 3. The molecule has 1 aromatic heterocycles. The Morgan fingerprint density at radius 2 is 1.78 bits per heavy atom. The van der Waals surface area contributed by atoms with Crippen LogP contribution in [0.5, 0.6) is 0 Å². The number of aromatic nitrogens is 3. The lowest BCUT2D eigenvalue weighted by Gasteiger charge is -2.13. The summed E-state index contributed by atoms with van der Waals surface area (Å²) in [6.45, 7) is 4.48. The Kier molecular flexibility index (Phi) is 9.67. The molecule has 8 heteroatoms. The second kappa shape index (κ2) is 13.1. The summed E-state index contributed by atoms with van der Waals surface area (Å²) < 4.78 is 1.87. The molecular weight excluding hydrogens is 523 g/mol. The van der Waals surface area contributed by atoms with E-state index in [9.17, 15) is 4.79 Å². The minimum absolute atomic E-state index is 0.166. The van der Waals surface area contributed by atoms with E-state index >= 15 is 0 Å². The third-order valence-electron chi connectivity index (χ3n) is 6.16. The van der Waals surface area contributed by atoms with Crippen molar-refractivity contribution in [1.29, 1.82) is 0 Å². The highest BCUT2D eigenvalue weighted by Gasteiger charge is 2.18. The van der Waals surface area contributed by atoms with Crippen molar-refractivity contribution in [1.82, 2.24) is 20.1 Å². The number of thioether (sulfide) groups is 1. The fourth-order valence-electron chi connectivity index (χ4n) is 3.99. The smallest absolute Gasteiger partial charge is 0.251 e. The van der Waals surface area contributed by atoms with Gasteiger partial charge in [-0.05, 0) is 66.8 Å². The van der Waals surface area contributed by atoms with Crippen LogP contribution < -0.4 is 5.32 Å². The molecule has 4 rings (SSSR count). The fraction of sp³-hybridized carbons (Fsp3) is 0.276. The van der Waals surface area contributed by atoms with Crippen molar-refractivity contribution in [3.8, 4) is 5.69 Å². The largest absolute Gasteiger partial charge is 0.345 e. The maximum Gasteiger partial charge on any atom is 0.251 e. The summed E-state index contributed by atoms with van der Waals surface area (Å²) in [5, 5.41) is 13.6. The van der Waals surface area contributed by atoms with Crippen molar-refractivity contribution in [2.45, 2.75) is 57.0 Å². The third-order valence-corrected chi connectivity index (χ3v) is 7.69. The van der Waals surface area contributed by atoms with Crippen LogP contribution in [0.15, 0.2) is 71.9 Å². The van der Waals surface area contributed by atoms with Crippen LogP contribution >= 0.6 is 35.0 Å². The number of aryl methyl sites for hydroxylation is 2. The normalized spacial score (nSPS) is 11.0. The van der Waals surface area contributed by atoms with Crippen LogP contribution in [-0.2, 0) is 18.7 Å². The maximum atomic E-state index is 12.9. The first-order valence-corrected chi connectivity index (χ1v) is 14.1. The maximum absolute atomic E-state index is 12.9. The molecule has 0 atom stereocenters. The molecule has 0 saturated heterocycles. The van der Waals surface area contributed by atoms with Crippen LogP contribution in [0.2, 0.25) is 10.0 Å². The van der Waals surface area contributed by atoms with E-state index < -0.39 is 0 Å². The van der Waals surface area contributed by atoms with Crippen molar-refractivity contribution in [2.24, 2.45) is 0 Å². The third kappa shape index (κ3) is 7.16. The van der Waals surface area contributed by atoms with Crippen molar-refractivity contribution in [3.63, 3.8) is 0 Å². The van der Waals surface area contributed by atoms with Crippen molar-refractivity contribution in [3.05, 3.63) is 105 Å². The average Bonchev–Trinajstić information content (AvgIpc) is 3.31. The van der Waals surface area contributed by atoms with Crippen LogP contribution in [0, 0.1) is 6.92 Å². The number of unbranched alkanes of at least 4 members (excludes halogenated alkanes) is 2. The molecule has 1 amide bonds. The van der Waals surface area contributed by atoms with Crippen molar-refractivity contribution < 1.29 is 4.79 Å². The molecule has 0 unspecified atom stereocenters. The molecule has 0 saturated carbocycles. The van der Waals surface area contributed by atoms with Crippen LogP contribution in [0.1, 0.15) is 59.1 Å². The highest BCUT2D eigenvalue weighted by Crippen LogP contribution is 2.31. The average molecular weight is 554 g/mol. The van der Waals surface area contributed by atoms with Gasteiger partial charge in [-0.15, -0.1) is 10.2 Å². The van der Waals surface area contributed by atoms with E-state index in [1.807, 2.05) is 41.0 Å². The number of rotatable bonds is 11. The van der Waals surface area contributed by atoms with E-state index in [2.05, 4.69) is 41.5 Å². The van der Waals surface area contributed by atoms with Gasteiger partial charge in [-0.3, -0.25) is 9.36 Å². The standard InChI is InChI=1S/C29H30Cl2N4OS/c1-3-4-5-9-21-11-13-22(14-12-21)28(36)32-18-27-33-34-29(37-19-23-10-7-6-8-20(23)2)35(27)26-17-24(30)15-16-25(26)31/h6-8,10-17H,3-5,9,18-19H2,1-2H3,(H,32,36). The number of hydrogen-bond acceptors (Lipinski definition) is 4. The first-order valence-electron chi connectivity index (χ1n) is 12.4. The van der Waals surface area contributed by atoms with Gasteiger partial charge in [-0.1, -0.05) is 91.1 Å². The number of benzene rings is 3. The second-order valence-corrected chi connectivity index (χ2v) is 10.7. The summed E-state index contributed by atoms with van der Waals surface area (Å²) in [6, 6.07) is 21.3. The molecule has 1 N–H and O–H groups in total. The van der Waals surface area contributed by atoms with Gasteiger partial charge < -0.3 is 5.32 Å². The van der Waals surface area contributed by atoms with E-state index in [1.165, 1.54) is 29.5 Å². The molecule has 0 aliphatic carbocycles. The molecule has 0 bridgehead atoms. The van der Waals surface area contributed by atoms with Crippen LogP contribution in [-0.4, -0.2) is 20.7 Å². The van der Waals surface area contributed by atoms with Gasteiger partial charge in [0.2, 0.25) is 0 Å². The van der Waals surface area contributed by atoms with Gasteiger partial charge in [-0.2, -0.15) is 0 Å². The number of hydrogen-bond donors (Lipinski definition) is 1. The highest BCUT2D eigenvalue weighted by atomic mass is 35.5. The number of halogens is 2. The number of carbonyl (C=O) groups is 1. The van der Waals surface area contributed by atoms with Gasteiger partial charge in [0.15, 0.2) is 11.0 Å². The minimum Gasteiger partial charge on any atom is -0.345 e. The zero-order valence-electron chi connectivity index (χ0n) is 21.0. The number of amides is 1. The first kappa shape index (κ1) is 27.2. The van der Waals surface area contributed by atoms with E-state index in [-0.39, 0.29) is 12.5 Å². The highest BCUT2D eigenvalue weighted by molar-refractivity contribution is 7.98. The molecular formula is C29H30Cl2N4OS. The lowest BCUT2D eigenvalue weighted by molar-refractivity contribution is 0.0949. The van der Waals surface area contributed by atoms with Crippen LogP contribution in [0.4, 0.5) is 0 Å². The Labute approximate surface area is 232 Å². The van der Waals surface area contributed by atoms with E-state index in [1.54, 1.807) is 30.0 Å². The van der Waals surface area contributed by atoms with Crippen molar-refractivity contribution in [2.75, 3.05) is 0 Å². The predicted molar refractivity (Wildman–Crippen MR) is 153 cm³/mol. The summed E-state index contributed by atoms with van der Waals surface area (Å²) in [5.74, 6) is 1.13. The predicted octanol–water partition coefficient (Wildman–Crippen LogP) is 7.84. The lowest BCUT2D eigenvalue weighted by atomic mass is 10.1. The molecule has 4 aromatic rings. The quantitative estimate of drug-likeness (QED) is 0.152. The molecule has 0 aliphatic heterocycles. The number of carbonyl (C=O) groups excluding carboxylic acids is 1. The SMILES string of the molecule is CCCCCc1ccc(C(=O)NCc2nnc(SCc3ccccc3C)n2-c2cc(Cl)ccc2Cl)cc1. The van der Waals surface area contributed by atoms with Gasteiger partial charge in [0, 0.05) is 16.3 Å². The zero-order valence-corrected chi connectivity index (χ0v) is 23.3. The minimum atomic E-state index is -0.166. The summed E-state index contributed by atoms with van der Waals surface area (Å²) in [6.07, 6.45) is 4.60. The Hall–Kier alpha value is -2.80. The van der Waals surface area contributed by atoms with E-state index in [4.69, 9.17) is 23.2 Å². The summed E-state index contributed by atoms with van der Waals surface area (Å²) in [7, 11) is 0. The van der Waals surface area contributed by atoms with E-state index in [0.717, 1.165) is 18.6 Å². The Morgan fingerprint density at radius 1 is 1.00 bits per heavy atom. The molecule has 5 nitrogen and oxygen atoms in total. The topological polar surface area (TPSA) is 59.8 Å². The summed E-state index contributed by atoms with van der Waals surface area (Å²) in [4.78, 5) is 12.9. The van der Waals surface area contributed by atoms with Gasteiger partial charge in [0.25, 0.3) is 5.91 Å². The monoisotopic (exact) mass is 552 g/mol. The first-order chi connectivity index (χ1) is 18.0. The van der Waals surface area contributed by atoms with Gasteiger partial charge >= 0.3 is 0 Å². The Bertz CT molecular complexity index is 1350. The second-order valence-electron chi connectivity index (χ2n) is 8.88. The summed E-state index contributed by atoms with van der Waals surface area (Å²) >= 11 is 14.4. The molecule has 0 fully saturated rings. The Morgan fingerprint density at radius 3 is 2.54 bits per heavy atom. The van der Waals surface area contributed by atoms with Gasteiger partial charge in [-0.25, -0.2) is 0 Å². The molecule has 0 radical (unpaired) electrons. The van der Waals surface area contributed by atoms with Gasteiger partial charge in [0.05, 0.1) is 17.3 Å². The molecule has 37 heavy (non-hydrogen) atoms. The molecule has 1 heterocycles. The van der Waals surface area contributed by atoms with Crippen molar-refractivity contribution >= 4 is 40.9 Å². The fourth-order valence-corrected chi connectivity index (χ4v) is 5.39. The molecule has 0 aliphatic rings. The Balaban J connectivity index is 1.52. The molecule has 192 valence electrons. The van der Waals surface area contributed by atoms with E-state index in [0.29, 0.717) is 32.3 Å². The zero-order chi connectivity index (χ0) is 26.2. The van der Waals surface area contributed by atoms with Crippen LogP contribution in [0.3, 0.4) is 0 Å². The van der Waals surface area contributed by atoms with Gasteiger partial charge in [0.1, 0.15) is 0 Å². The summed E-state index contributed by atoms with van der Waals surface area (Å²) in [5.41, 5.74) is 4.96. The molecule has 3 aromatic carbocycles.